The van der Waals surface area contributed by atoms with Crippen molar-refractivity contribution in [3.05, 3.63) is 81.3 Å². The molecular formula is C21H18Cl2FN5O. The molecule has 2 N–H and O–H groups in total. The summed E-state index contributed by atoms with van der Waals surface area (Å²) in [7, 11) is 0. The van der Waals surface area contributed by atoms with Crippen LogP contribution in [-0.2, 0) is 19.5 Å². The quantitative estimate of drug-likeness (QED) is 0.596. The van der Waals surface area contributed by atoms with E-state index in [1.807, 2.05) is 6.07 Å². The van der Waals surface area contributed by atoms with Gasteiger partial charge in [-0.3, -0.25) is 0 Å². The van der Waals surface area contributed by atoms with Crippen LogP contribution in [0.3, 0.4) is 0 Å². The summed E-state index contributed by atoms with van der Waals surface area (Å²) in [6.07, 6.45) is 2.44. The number of fused-ring (bicyclic) bond motifs is 1. The summed E-state index contributed by atoms with van der Waals surface area (Å²) in [5.74, 6) is 0.0906. The predicted octanol–water partition coefficient (Wildman–Crippen LogP) is 4.93. The maximum Gasteiger partial charge on any atom is 0.318 e. The number of halogens is 3. The van der Waals surface area contributed by atoms with Crippen molar-refractivity contribution in [3.8, 4) is 0 Å². The number of carbonyl (C=O) groups excluding carboxylic acids is 1. The number of anilines is 2. The Bertz CT molecular complexity index is 1080. The Balaban J connectivity index is 1.39. The van der Waals surface area contributed by atoms with E-state index < -0.39 is 0 Å². The Labute approximate surface area is 183 Å². The lowest BCUT2D eigenvalue weighted by Crippen LogP contribution is -2.42. The van der Waals surface area contributed by atoms with Crippen molar-refractivity contribution in [1.82, 2.24) is 20.2 Å². The van der Waals surface area contributed by atoms with Crippen LogP contribution >= 0.6 is 23.2 Å². The van der Waals surface area contributed by atoms with Gasteiger partial charge >= 0.3 is 6.03 Å². The van der Waals surface area contributed by atoms with Crippen molar-refractivity contribution < 1.29 is 9.18 Å². The summed E-state index contributed by atoms with van der Waals surface area (Å²) in [4.78, 5) is 23.2. The molecule has 1 aliphatic rings. The largest absolute Gasteiger partial charge is 0.334 e. The van der Waals surface area contributed by atoms with Crippen molar-refractivity contribution in [3.63, 3.8) is 0 Å². The van der Waals surface area contributed by atoms with E-state index >= 15 is 0 Å². The maximum absolute atomic E-state index is 13.1. The second-order valence-electron chi connectivity index (χ2n) is 6.88. The number of hydrogen-bond acceptors (Lipinski definition) is 4. The topological polar surface area (TPSA) is 70.2 Å². The van der Waals surface area contributed by atoms with Crippen LogP contribution in [0.15, 0.2) is 48.7 Å². The summed E-state index contributed by atoms with van der Waals surface area (Å²) in [5.41, 5.74) is 3.34. The molecule has 0 atom stereocenters. The van der Waals surface area contributed by atoms with Crippen molar-refractivity contribution in [1.29, 1.82) is 0 Å². The van der Waals surface area contributed by atoms with Crippen LogP contribution < -0.4 is 10.6 Å². The van der Waals surface area contributed by atoms with Gasteiger partial charge in [-0.25, -0.2) is 19.2 Å². The molecule has 0 aliphatic carbocycles. The van der Waals surface area contributed by atoms with E-state index in [9.17, 15) is 9.18 Å². The number of nitrogens with zero attached hydrogens (tertiary/aromatic N) is 3. The van der Waals surface area contributed by atoms with E-state index in [1.165, 1.54) is 12.1 Å². The zero-order valence-corrected chi connectivity index (χ0v) is 17.3. The van der Waals surface area contributed by atoms with Crippen LogP contribution in [-0.4, -0.2) is 27.4 Å². The highest BCUT2D eigenvalue weighted by molar-refractivity contribution is 6.42. The Hall–Kier alpha value is -2.90. The van der Waals surface area contributed by atoms with Gasteiger partial charge in [0.2, 0.25) is 5.95 Å². The Morgan fingerprint density at radius 3 is 2.70 bits per heavy atom. The molecule has 154 valence electrons. The Morgan fingerprint density at radius 2 is 1.93 bits per heavy atom. The molecule has 3 aromatic rings. The van der Waals surface area contributed by atoms with Crippen molar-refractivity contribution >= 4 is 40.9 Å². The molecule has 0 saturated carbocycles. The number of urea groups is 1. The third kappa shape index (κ3) is 4.80. The van der Waals surface area contributed by atoms with Gasteiger partial charge in [0, 0.05) is 25.0 Å². The number of carbonyl (C=O) groups is 1. The highest BCUT2D eigenvalue weighted by atomic mass is 35.5. The standard InChI is InChI=1S/C21H18Cl2FN5O/c22-17-6-1-13(9-18(17)23)10-26-21(30)29-8-7-14-11-25-20(28-19(14)12-29)27-16-4-2-15(24)3-5-16/h1-6,9,11H,7-8,10,12H2,(H,26,30)(H,25,27,28). The Morgan fingerprint density at radius 1 is 1.13 bits per heavy atom. The fourth-order valence-electron chi connectivity index (χ4n) is 3.14. The fourth-order valence-corrected chi connectivity index (χ4v) is 3.46. The predicted molar refractivity (Wildman–Crippen MR) is 115 cm³/mol. The number of amides is 2. The average Bonchev–Trinajstić information content (AvgIpc) is 2.75. The zero-order chi connectivity index (χ0) is 21.1. The van der Waals surface area contributed by atoms with Crippen molar-refractivity contribution in [2.75, 3.05) is 11.9 Å². The van der Waals surface area contributed by atoms with E-state index in [-0.39, 0.29) is 11.8 Å². The van der Waals surface area contributed by atoms with Gasteiger partial charge in [-0.1, -0.05) is 29.3 Å². The second kappa shape index (κ2) is 8.85. The molecule has 0 unspecified atom stereocenters. The van der Waals surface area contributed by atoms with Crippen LogP contribution in [0.1, 0.15) is 16.8 Å². The highest BCUT2D eigenvalue weighted by Crippen LogP contribution is 2.23. The molecule has 6 nitrogen and oxygen atoms in total. The molecule has 0 fully saturated rings. The highest BCUT2D eigenvalue weighted by Gasteiger charge is 2.22. The second-order valence-corrected chi connectivity index (χ2v) is 7.69. The minimum absolute atomic E-state index is 0.182. The zero-order valence-electron chi connectivity index (χ0n) is 15.8. The molecule has 0 radical (unpaired) electrons. The lowest BCUT2D eigenvalue weighted by molar-refractivity contribution is 0.191. The number of rotatable bonds is 4. The minimum atomic E-state index is -0.311. The van der Waals surface area contributed by atoms with Gasteiger partial charge in [0.25, 0.3) is 0 Å². The first-order chi connectivity index (χ1) is 14.5. The van der Waals surface area contributed by atoms with Gasteiger partial charge < -0.3 is 15.5 Å². The molecule has 4 rings (SSSR count). The lowest BCUT2D eigenvalue weighted by Gasteiger charge is -2.28. The van der Waals surface area contributed by atoms with Gasteiger partial charge in [0.1, 0.15) is 5.82 Å². The van der Waals surface area contributed by atoms with Gasteiger partial charge in [0.15, 0.2) is 0 Å². The van der Waals surface area contributed by atoms with Gasteiger partial charge in [-0.15, -0.1) is 0 Å². The number of aromatic nitrogens is 2. The maximum atomic E-state index is 13.1. The smallest absolute Gasteiger partial charge is 0.318 e. The average molecular weight is 446 g/mol. The van der Waals surface area contributed by atoms with Gasteiger partial charge in [-0.2, -0.15) is 0 Å². The Kier molecular flexibility index (Phi) is 6.01. The number of hydrogen-bond donors (Lipinski definition) is 2. The molecule has 0 saturated heterocycles. The summed E-state index contributed by atoms with van der Waals surface area (Å²) >= 11 is 11.9. The molecule has 0 spiro atoms. The molecule has 9 heteroatoms. The van der Waals surface area contributed by atoms with Crippen LogP contribution in [0.4, 0.5) is 20.8 Å². The number of benzene rings is 2. The van der Waals surface area contributed by atoms with Crippen molar-refractivity contribution in [2.45, 2.75) is 19.5 Å². The molecule has 2 aromatic carbocycles. The lowest BCUT2D eigenvalue weighted by atomic mass is 10.1. The monoisotopic (exact) mass is 445 g/mol. The van der Waals surface area contributed by atoms with Crippen LogP contribution in [0.5, 0.6) is 0 Å². The summed E-state index contributed by atoms with van der Waals surface area (Å²) < 4.78 is 13.1. The first kappa shape index (κ1) is 20.4. The normalized spacial score (nSPS) is 13.0. The van der Waals surface area contributed by atoms with E-state index in [0.717, 1.165) is 16.8 Å². The summed E-state index contributed by atoms with van der Waals surface area (Å²) in [6, 6.07) is 11.0. The van der Waals surface area contributed by atoms with E-state index in [4.69, 9.17) is 23.2 Å². The first-order valence-corrected chi connectivity index (χ1v) is 10.1. The van der Waals surface area contributed by atoms with Crippen LogP contribution in [0.2, 0.25) is 10.0 Å². The third-order valence-electron chi connectivity index (χ3n) is 4.76. The third-order valence-corrected chi connectivity index (χ3v) is 5.50. The van der Waals surface area contributed by atoms with Gasteiger partial charge in [0.05, 0.1) is 22.3 Å². The molecule has 1 aliphatic heterocycles. The SMILES string of the molecule is O=C(NCc1ccc(Cl)c(Cl)c1)N1CCc2cnc(Nc3ccc(F)cc3)nc2C1. The van der Waals surface area contributed by atoms with E-state index in [1.54, 1.807) is 35.4 Å². The molecule has 30 heavy (non-hydrogen) atoms. The molecule has 2 amide bonds. The summed E-state index contributed by atoms with van der Waals surface area (Å²) in [6.45, 7) is 1.30. The van der Waals surface area contributed by atoms with Gasteiger partial charge in [-0.05, 0) is 53.9 Å². The minimum Gasteiger partial charge on any atom is -0.334 e. The fraction of sp³-hybridized carbons (Fsp3) is 0.190. The molecule has 2 heterocycles. The van der Waals surface area contributed by atoms with Crippen molar-refractivity contribution in [2.24, 2.45) is 0 Å². The van der Waals surface area contributed by atoms with E-state index in [0.29, 0.717) is 47.7 Å². The van der Waals surface area contributed by atoms with E-state index in [2.05, 4.69) is 20.6 Å². The number of nitrogens with one attached hydrogen (secondary N) is 2. The molecule has 1 aromatic heterocycles. The molecular weight excluding hydrogens is 428 g/mol. The van der Waals surface area contributed by atoms with Crippen LogP contribution in [0.25, 0.3) is 0 Å². The van der Waals surface area contributed by atoms with Crippen LogP contribution in [0, 0.1) is 5.82 Å². The first-order valence-electron chi connectivity index (χ1n) is 9.32. The molecule has 0 bridgehead atoms. The summed E-state index contributed by atoms with van der Waals surface area (Å²) in [5, 5.41) is 6.88.